The van der Waals surface area contributed by atoms with Gasteiger partial charge in [-0.3, -0.25) is 9.59 Å². The van der Waals surface area contributed by atoms with Crippen molar-refractivity contribution in [1.29, 1.82) is 0 Å². The molecule has 0 saturated carbocycles. The van der Waals surface area contributed by atoms with E-state index in [9.17, 15) is 9.59 Å². The molecule has 2 aromatic rings. The molecule has 1 unspecified atom stereocenters. The molecular weight excluding hydrogens is 282 g/mol. The zero-order valence-corrected chi connectivity index (χ0v) is 11.3. The van der Waals surface area contributed by atoms with Crippen LogP contribution in [0.1, 0.15) is 17.4 Å². The molecular formula is C13H12ClN3O3. The van der Waals surface area contributed by atoms with Gasteiger partial charge in [-0.15, -0.1) is 0 Å². The van der Waals surface area contributed by atoms with E-state index >= 15 is 0 Å². The van der Waals surface area contributed by atoms with Crippen LogP contribution >= 0.6 is 11.6 Å². The standard InChI is InChI=1S/C13H12ClN3O3/c1-7(12(15)18)16-13(19)10-6-11(20-17-10)8-3-2-4-9(14)5-8/h2-7H,1H3,(H2,15,18)(H,16,19). The molecule has 7 heteroatoms. The van der Waals surface area contributed by atoms with E-state index in [2.05, 4.69) is 10.5 Å². The van der Waals surface area contributed by atoms with Gasteiger partial charge in [0.2, 0.25) is 5.91 Å². The number of carbonyl (C=O) groups excluding carboxylic acids is 2. The Labute approximate surface area is 119 Å². The van der Waals surface area contributed by atoms with Crippen LogP contribution in [0.15, 0.2) is 34.9 Å². The van der Waals surface area contributed by atoms with Gasteiger partial charge < -0.3 is 15.6 Å². The van der Waals surface area contributed by atoms with E-state index in [0.717, 1.165) is 0 Å². The van der Waals surface area contributed by atoms with Crippen LogP contribution in [0.2, 0.25) is 5.02 Å². The molecule has 1 aromatic carbocycles. The summed E-state index contributed by atoms with van der Waals surface area (Å²) in [6.45, 7) is 1.48. The topological polar surface area (TPSA) is 98.2 Å². The van der Waals surface area contributed by atoms with Crippen molar-refractivity contribution in [3.63, 3.8) is 0 Å². The second-order valence-corrected chi connectivity index (χ2v) is 4.62. The molecule has 6 nitrogen and oxygen atoms in total. The van der Waals surface area contributed by atoms with Crippen molar-refractivity contribution >= 4 is 23.4 Å². The van der Waals surface area contributed by atoms with Gasteiger partial charge in [0, 0.05) is 16.7 Å². The van der Waals surface area contributed by atoms with Crippen LogP contribution in [0.5, 0.6) is 0 Å². The quantitative estimate of drug-likeness (QED) is 0.894. The molecule has 20 heavy (non-hydrogen) atoms. The van der Waals surface area contributed by atoms with Crippen molar-refractivity contribution < 1.29 is 14.1 Å². The smallest absolute Gasteiger partial charge is 0.274 e. The Kier molecular flexibility index (Phi) is 4.05. The third kappa shape index (κ3) is 3.16. The Morgan fingerprint density at radius 1 is 1.40 bits per heavy atom. The fraction of sp³-hybridized carbons (Fsp3) is 0.154. The number of nitrogens with zero attached hydrogens (tertiary/aromatic N) is 1. The number of aromatic nitrogens is 1. The van der Waals surface area contributed by atoms with Crippen LogP contribution in [-0.2, 0) is 4.79 Å². The van der Waals surface area contributed by atoms with E-state index in [-0.39, 0.29) is 5.69 Å². The maximum absolute atomic E-state index is 11.8. The number of rotatable bonds is 4. The maximum Gasteiger partial charge on any atom is 0.274 e. The highest BCUT2D eigenvalue weighted by atomic mass is 35.5. The summed E-state index contributed by atoms with van der Waals surface area (Å²) in [5.74, 6) is -0.755. The van der Waals surface area contributed by atoms with Crippen molar-refractivity contribution in [2.24, 2.45) is 5.73 Å². The first-order valence-electron chi connectivity index (χ1n) is 5.80. The molecule has 1 aromatic heterocycles. The number of halogens is 1. The highest BCUT2D eigenvalue weighted by Gasteiger charge is 2.18. The number of benzene rings is 1. The van der Waals surface area contributed by atoms with Gasteiger partial charge in [-0.05, 0) is 19.1 Å². The van der Waals surface area contributed by atoms with Gasteiger partial charge in [0.1, 0.15) is 6.04 Å². The molecule has 1 heterocycles. The number of primary amides is 1. The van der Waals surface area contributed by atoms with E-state index in [0.29, 0.717) is 16.3 Å². The zero-order chi connectivity index (χ0) is 14.7. The Balaban J connectivity index is 2.17. The summed E-state index contributed by atoms with van der Waals surface area (Å²) in [5, 5.41) is 6.61. The molecule has 0 radical (unpaired) electrons. The van der Waals surface area contributed by atoms with Gasteiger partial charge in [0.25, 0.3) is 5.91 Å². The van der Waals surface area contributed by atoms with Gasteiger partial charge in [-0.25, -0.2) is 0 Å². The Bertz CT molecular complexity index is 654. The summed E-state index contributed by atoms with van der Waals surface area (Å²) in [6.07, 6.45) is 0. The van der Waals surface area contributed by atoms with Crippen molar-refractivity contribution in [3.05, 3.63) is 41.0 Å². The first kappa shape index (κ1) is 14.1. The molecule has 0 fully saturated rings. The zero-order valence-electron chi connectivity index (χ0n) is 10.6. The molecule has 0 spiro atoms. The molecule has 0 saturated heterocycles. The summed E-state index contributed by atoms with van der Waals surface area (Å²) >= 11 is 5.88. The number of nitrogens with one attached hydrogen (secondary N) is 1. The van der Waals surface area contributed by atoms with E-state index in [1.807, 2.05) is 0 Å². The molecule has 0 bridgehead atoms. The Morgan fingerprint density at radius 3 is 2.80 bits per heavy atom. The van der Waals surface area contributed by atoms with Crippen LogP contribution < -0.4 is 11.1 Å². The van der Waals surface area contributed by atoms with Crippen LogP contribution in [0.4, 0.5) is 0 Å². The number of hydrogen-bond acceptors (Lipinski definition) is 4. The largest absolute Gasteiger partial charge is 0.368 e. The fourth-order valence-corrected chi connectivity index (χ4v) is 1.69. The highest BCUT2D eigenvalue weighted by Crippen LogP contribution is 2.23. The van der Waals surface area contributed by atoms with Crippen molar-refractivity contribution in [2.45, 2.75) is 13.0 Å². The molecule has 3 N–H and O–H groups in total. The summed E-state index contributed by atoms with van der Waals surface area (Å²) in [5.41, 5.74) is 5.83. The van der Waals surface area contributed by atoms with Gasteiger partial charge in [-0.1, -0.05) is 28.9 Å². The first-order chi connectivity index (χ1) is 9.47. The van der Waals surface area contributed by atoms with Gasteiger partial charge >= 0.3 is 0 Å². The monoisotopic (exact) mass is 293 g/mol. The number of hydrogen-bond donors (Lipinski definition) is 2. The van der Waals surface area contributed by atoms with Crippen molar-refractivity contribution in [2.75, 3.05) is 0 Å². The average molecular weight is 294 g/mol. The summed E-state index contributed by atoms with van der Waals surface area (Å²) in [7, 11) is 0. The van der Waals surface area contributed by atoms with Gasteiger partial charge in [0.05, 0.1) is 0 Å². The average Bonchev–Trinajstić information content (AvgIpc) is 2.88. The van der Waals surface area contributed by atoms with Crippen molar-refractivity contribution in [3.8, 4) is 11.3 Å². The highest BCUT2D eigenvalue weighted by molar-refractivity contribution is 6.30. The molecule has 2 rings (SSSR count). The number of nitrogens with two attached hydrogens (primary N) is 1. The van der Waals surface area contributed by atoms with Gasteiger partial charge in [0.15, 0.2) is 11.5 Å². The molecule has 0 aliphatic rings. The van der Waals surface area contributed by atoms with Gasteiger partial charge in [-0.2, -0.15) is 0 Å². The second kappa shape index (κ2) is 5.75. The molecule has 2 amide bonds. The number of amides is 2. The summed E-state index contributed by atoms with van der Waals surface area (Å²) in [6, 6.07) is 7.64. The SMILES string of the molecule is CC(NC(=O)c1cc(-c2cccc(Cl)c2)on1)C(N)=O. The summed E-state index contributed by atoms with van der Waals surface area (Å²) < 4.78 is 5.08. The lowest BCUT2D eigenvalue weighted by Gasteiger charge is -2.07. The minimum Gasteiger partial charge on any atom is -0.368 e. The fourth-order valence-electron chi connectivity index (χ4n) is 1.50. The lowest BCUT2D eigenvalue weighted by atomic mass is 10.1. The second-order valence-electron chi connectivity index (χ2n) is 4.18. The lowest BCUT2D eigenvalue weighted by Crippen LogP contribution is -2.42. The van der Waals surface area contributed by atoms with Crippen LogP contribution in [0.3, 0.4) is 0 Å². The minimum atomic E-state index is -0.784. The molecule has 104 valence electrons. The summed E-state index contributed by atoms with van der Waals surface area (Å²) in [4.78, 5) is 22.7. The predicted octanol–water partition coefficient (Wildman–Crippen LogP) is 1.60. The first-order valence-corrected chi connectivity index (χ1v) is 6.18. The third-order valence-electron chi connectivity index (χ3n) is 2.63. The minimum absolute atomic E-state index is 0.0630. The molecule has 1 atom stereocenters. The van der Waals surface area contributed by atoms with Crippen LogP contribution in [0.25, 0.3) is 11.3 Å². The molecule has 0 aliphatic heterocycles. The normalized spacial score (nSPS) is 11.9. The van der Waals surface area contributed by atoms with E-state index in [1.165, 1.54) is 13.0 Å². The van der Waals surface area contributed by atoms with E-state index < -0.39 is 17.9 Å². The van der Waals surface area contributed by atoms with E-state index in [1.54, 1.807) is 24.3 Å². The number of carbonyl (C=O) groups is 2. The van der Waals surface area contributed by atoms with E-state index in [4.69, 9.17) is 21.9 Å². The molecule has 0 aliphatic carbocycles. The third-order valence-corrected chi connectivity index (χ3v) is 2.86. The maximum atomic E-state index is 11.8. The van der Waals surface area contributed by atoms with Crippen molar-refractivity contribution in [1.82, 2.24) is 10.5 Å². The lowest BCUT2D eigenvalue weighted by molar-refractivity contribution is -0.119. The Hall–Kier alpha value is -2.34. The van der Waals surface area contributed by atoms with Crippen LogP contribution in [-0.4, -0.2) is 23.0 Å². The van der Waals surface area contributed by atoms with Crippen LogP contribution in [0, 0.1) is 0 Å². The predicted molar refractivity (Wildman–Crippen MR) is 73.1 cm³/mol. The Morgan fingerprint density at radius 2 is 2.15 bits per heavy atom.